The standard InChI is InChI=1S/C21H29N3O3/c1-6-12-21(16(2)3)18(25)23(14-13-22(4)5)20(27)24(19(21)26)15-17-10-8-7-9-11-17/h6-11,16H,1,12-15H2,2-5H3. The number of barbiturate groups is 1. The number of nitrogens with zero attached hydrogens (tertiary/aromatic N) is 3. The molecule has 0 N–H and O–H groups in total. The Morgan fingerprint density at radius 3 is 2.19 bits per heavy atom. The van der Waals surface area contributed by atoms with E-state index in [0.717, 1.165) is 5.56 Å². The Hall–Kier alpha value is -2.47. The third-order valence-electron chi connectivity index (χ3n) is 5.12. The van der Waals surface area contributed by atoms with Crippen molar-refractivity contribution in [1.82, 2.24) is 14.7 Å². The van der Waals surface area contributed by atoms with Crippen molar-refractivity contribution in [2.45, 2.75) is 26.8 Å². The van der Waals surface area contributed by atoms with Crippen LogP contribution in [0.1, 0.15) is 25.8 Å². The first-order valence-electron chi connectivity index (χ1n) is 9.23. The maximum atomic E-state index is 13.4. The van der Waals surface area contributed by atoms with Crippen molar-refractivity contribution in [3.8, 4) is 0 Å². The SMILES string of the molecule is C=CCC1(C(C)C)C(=O)N(CCN(C)C)C(=O)N(Cc2ccccc2)C1=O. The van der Waals surface area contributed by atoms with Crippen molar-refractivity contribution in [3.05, 3.63) is 48.6 Å². The number of benzene rings is 1. The van der Waals surface area contributed by atoms with Crippen molar-refractivity contribution >= 4 is 17.8 Å². The van der Waals surface area contributed by atoms with Crippen molar-refractivity contribution in [1.29, 1.82) is 0 Å². The lowest BCUT2D eigenvalue weighted by Gasteiger charge is -2.46. The van der Waals surface area contributed by atoms with E-state index in [2.05, 4.69) is 6.58 Å². The van der Waals surface area contributed by atoms with Crippen LogP contribution in [0.2, 0.25) is 0 Å². The lowest BCUT2D eigenvalue weighted by Crippen LogP contribution is -2.67. The zero-order valence-electron chi connectivity index (χ0n) is 16.6. The highest BCUT2D eigenvalue weighted by Crippen LogP contribution is 2.40. The minimum absolute atomic E-state index is 0.149. The second-order valence-electron chi connectivity index (χ2n) is 7.54. The zero-order chi connectivity index (χ0) is 20.2. The number of carbonyl (C=O) groups is 3. The molecule has 1 saturated heterocycles. The summed E-state index contributed by atoms with van der Waals surface area (Å²) in [6.07, 6.45) is 1.80. The summed E-state index contributed by atoms with van der Waals surface area (Å²) in [5.41, 5.74) is -0.450. The fraction of sp³-hybridized carbons (Fsp3) is 0.476. The van der Waals surface area contributed by atoms with Gasteiger partial charge in [-0.05, 0) is 32.0 Å². The highest BCUT2D eigenvalue weighted by molar-refractivity contribution is 6.19. The fourth-order valence-corrected chi connectivity index (χ4v) is 3.43. The average molecular weight is 371 g/mol. The molecule has 1 heterocycles. The maximum absolute atomic E-state index is 13.4. The Morgan fingerprint density at radius 1 is 1.07 bits per heavy atom. The molecule has 0 radical (unpaired) electrons. The maximum Gasteiger partial charge on any atom is 0.333 e. The van der Waals surface area contributed by atoms with E-state index in [0.29, 0.717) is 6.54 Å². The van der Waals surface area contributed by atoms with Crippen molar-refractivity contribution in [3.63, 3.8) is 0 Å². The van der Waals surface area contributed by atoms with Crippen LogP contribution in [0.3, 0.4) is 0 Å². The molecule has 4 amide bonds. The van der Waals surface area contributed by atoms with Gasteiger partial charge in [0, 0.05) is 13.1 Å². The van der Waals surface area contributed by atoms with Crippen molar-refractivity contribution < 1.29 is 14.4 Å². The summed E-state index contributed by atoms with van der Waals surface area (Å²) in [7, 11) is 3.76. The number of hydrogen-bond donors (Lipinski definition) is 0. The second kappa shape index (κ2) is 8.48. The van der Waals surface area contributed by atoms with Gasteiger partial charge in [0.1, 0.15) is 5.41 Å². The van der Waals surface area contributed by atoms with Gasteiger partial charge in [0.2, 0.25) is 11.8 Å². The first kappa shape index (κ1) is 20.8. The molecule has 1 unspecified atom stereocenters. The van der Waals surface area contributed by atoms with E-state index in [1.165, 1.54) is 9.80 Å². The number of allylic oxidation sites excluding steroid dienone is 1. The second-order valence-corrected chi connectivity index (χ2v) is 7.54. The van der Waals surface area contributed by atoms with Gasteiger partial charge < -0.3 is 4.90 Å². The van der Waals surface area contributed by atoms with E-state index in [1.807, 2.05) is 63.2 Å². The summed E-state index contributed by atoms with van der Waals surface area (Å²) >= 11 is 0. The predicted octanol–water partition coefficient (Wildman–Crippen LogP) is 2.76. The molecule has 146 valence electrons. The number of likely N-dealkylation sites (N-methyl/N-ethyl adjacent to an activating group) is 1. The van der Waals surface area contributed by atoms with E-state index in [-0.39, 0.29) is 25.4 Å². The molecule has 0 aliphatic carbocycles. The van der Waals surface area contributed by atoms with Crippen LogP contribution in [0.15, 0.2) is 43.0 Å². The normalized spacial score (nSPS) is 20.7. The summed E-state index contributed by atoms with van der Waals surface area (Å²) < 4.78 is 0. The molecule has 2 rings (SSSR count). The van der Waals surface area contributed by atoms with Gasteiger partial charge in [-0.1, -0.05) is 50.3 Å². The van der Waals surface area contributed by atoms with E-state index in [9.17, 15) is 14.4 Å². The first-order chi connectivity index (χ1) is 12.8. The summed E-state index contributed by atoms with van der Waals surface area (Å²) in [6.45, 7) is 8.37. The number of amides is 4. The van der Waals surface area contributed by atoms with Gasteiger partial charge in [0.05, 0.1) is 6.54 Å². The van der Waals surface area contributed by atoms with Gasteiger partial charge in [0.15, 0.2) is 0 Å². The summed E-state index contributed by atoms with van der Waals surface area (Å²) in [4.78, 5) is 44.1. The molecule has 1 atom stereocenters. The van der Waals surface area contributed by atoms with E-state index in [4.69, 9.17) is 0 Å². The zero-order valence-corrected chi connectivity index (χ0v) is 16.6. The summed E-state index contributed by atoms with van der Waals surface area (Å²) in [5, 5.41) is 0. The number of urea groups is 1. The quantitative estimate of drug-likeness (QED) is 0.521. The highest BCUT2D eigenvalue weighted by Gasteiger charge is 2.58. The van der Waals surface area contributed by atoms with Gasteiger partial charge in [-0.15, -0.1) is 6.58 Å². The summed E-state index contributed by atoms with van der Waals surface area (Å²) in [6, 6.07) is 8.80. The monoisotopic (exact) mass is 371 g/mol. The molecule has 1 fully saturated rings. The number of carbonyl (C=O) groups excluding carboxylic acids is 3. The minimum atomic E-state index is -1.29. The van der Waals surface area contributed by atoms with Gasteiger partial charge in [-0.25, -0.2) is 4.79 Å². The minimum Gasteiger partial charge on any atom is -0.308 e. The highest BCUT2D eigenvalue weighted by atomic mass is 16.2. The smallest absolute Gasteiger partial charge is 0.308 e. The molecule has 0 spiro atoms. The van der Waals surface area contributed by atoms with Gasteiger partial charge in [0.25, 0.3) is 0 Å². The van der Waals surface area contributed by atoms with Crippen LogP contribution in [-0.2, 0) is 16.1 Å². The Bertz CT molecular complexity index is 715. The predicted molar refractivity (Wildman–Crippen MR) is 105 cm³/mol. The third kappa shape index (κ3) is 3.95. The molecular formula is C21H29N3O3. The van der Waals surface area contributed by atoms with Crippen LogP contribution in [0.25, 0.3) is 0 Å². The van der Waals surface area contributed by atoms with Crippen LogP contribution >= 0.6 is 0 Å². The third-order valence-corrected chi connectivity index (χ3v) is 5.12. The largest absolute Gasteiger partial charge is 0.333 e. The molecule has 0 saturated carbocycles. The Morgan fingerprint density at radius 2 is 1.67 bits per heavy atom. The van der Waals surface area contributed by atoms with E-state index < -0.39 is 23.3 Å². The molecule has 1 aliphatic rings. The summed E-state index contributed by atoms with van der Waals surface area (Å²) in [5.74, 6) is -1.11. The molecule has 0 bridgehead atoms. The van der Waals surface area contributed by atoms with E-state index >= 15 is 0 Å². The molecule has 6 nitrogen and oxygen atoms in total. The van der Waals surface area contributed by atoms with Crippen LogP contribution in [-0.4, -0.2) is 59.7 Å². The van der Waals surface area contributed by atoms with Crippen LogP contribution in [0, 0.1) is 11.3 Å². The Labute approximate surface area is 161 Å². The van der Waals surface area contributed by atoms with Gasteiger partial charge >= 0.3 is 6.03 Å². The Kier molecular flexibility index (Phi) is 6.54. The molecule has 1 aliphatic heterocycles. The molecule has 1 aromatic carbocycles. The molecule has 6 heteroatoms. The van der Waals surface area contributed by atoms with E-state index in [1.54, 1.807) is 6.08 Å². The lowest BCUT2D eigenvalue weighted by atomic mass is 9.70. The number of imide groups is 2. The van der Waals surface area contributed by atoms with Crippen molar-refractivity contribution in [2.75, 3.05) is 27.2 Å². The number of rotatable bonds is 8. The molecule has 27 heavy (non-hydrogen) atoms. The molecule has 1 aromatic rings. The molecular weight excluding hydrogens is 342 g/mol. The Balaban J connectivity index is 2.48. The molecule has 0 aromatic heterocycles. The topological polar surface area (TPSA) is 60.9 Å². The van der Waals surface area contributed by atoms with Crippen LogP contribution < -0.4 is 0 Å². The first-order valence-corrected chi connectivity index (χ1v) is 9.23. The fourth-order valence-electron chi connectivity index (χ4n) is 3.43. The van der Waals surface area contributed by atoms with Gasteiger partial charge in [-0.2, -0.15) is 0 Å². The number of hydrogen-bond acceptors (Lipinski definition) is 4. The van der Waals surface area contributed by atoms with Crippen LogP contribution in [0.4, 0.5) is 4.79 Å². The average Bonchev–Trinajstić information content (AvgIpc) is 2.62. The van der Waals surface area contributed by atoms with Crippen LogP contribution in [0.5, 0.6) is 0 Å². The lowest BCUT2D eigenvalue weighted by molar-refractivity contribution is -0.162. The van der Waals surface area contributed by atoms with Crippen molar-refractivity contribution in [2.24, 2.45) is 11.3 Å². The van der Waals surface area contributed by atoms with Gasteiger partial charge in [-0.3, -0.25) is 19.4 Å².